The van der Waals surface area contributed by atoms with Crippen LogP contribution in [0.3, 0.4) is 0 Å². The number of hydrogen-bond acceptors (Lipinski definition) is 11. The number of rotatable bonds is 9. The lowest BCUT2D eigenvalue weighted by Crippen LogP contribution is -2.13. The number of aldehydes is 1. The molecule has 0 unspecified atom stereocenters. The molecule has 56 heavy (non-hydrogen) atoms. The summed E-state index contributed by atoms with van der Waals surface area (Å²) in [5.41, 5.74) is 4.81. The van der Waals surface area contributed by atoms with Crippen LogP contribution in [0.15, 0.2) is 72.8 Å². The predicted octanol–water partition coefficient (Wildman–Crippen LogP) is 7.21. The molecule has 2 aliphatic rings. The zero-order valence-electron chi connectivity index (χ0n) is 30.7. The SMILES string of the molecule is CN(C)CCC=C1c2ccccc2C=Cc2ccccc21.Cc1cc(O)c(C=O)c2c1C(=O)Oc1c(COC(=O)C=CC(=O)O)c(O)c(C(=O)O)c(C)c1O2.Cl. The highest BCUT2D eigenvalue weighted by atomic mass is 35.5. The van der Waals surface area contributed by atoms with Gasteiger partial charge in [0, 0.05) is 24.3 Å². The van der Waals surface area contributed by atoms with E-state index in [-0.39, 0.29) is 41.1 Å². The summed E-state index contributed by atoms with van der Waals surface area (Å²) in [6.07, 6.45) is 9.19. The molecular formula is C42H38ClNO12. The number of aliphatic carboxylic acids is 1. The Balaban J connectivity index is 0.000000271. The Morgan fingerprint density at radius 2 is 1.46 bits per heavy atom. The van der Waals surface area contributed by atoms with Gasteiger partial charge in [0.25, 0.3) is 0 Å². The molecule has 1 aliphatic carbocycles. The van der Waals surface area contributed by atoms with Crippen molar-refractivity contribution in [2.45, 2.75) is 26.9 Å². The van der Waals surface area contributed by atoms with E-state index >= 15 is 0 Å². The third kappa shape index (κ3) is 8.97. The highest BCUT2D eigenvalue weighted by Gasteiger charge is 2.36. The van der Waals surface area contributed by atoms with E-state index < -0.39 is 70.2 Å². The van der Waals surface area contributed by atoms with Crippen molar-refractivity contribution in [2.24, 2.45) is 0 Å². The van der Waals surface area contributed by atoms with Gasteiger partial charge in [-0.1, -0.05) is 66.8 Å². The fraction of sp³-hybridized carbons (Fsp3) is 0.167. The predicted molar refractivity (Wildman–Crippen MR) is 209 cm³/mol. The maximum absolute atomic E-state index is 12.9. The van der Waals surface area contributed by atoms with Crippen LogP contribution in [0.5, 0.6) is 28.7 Å². The Morgan fingerprint density at radius 3 is 2.02 bits per heavy atom. The molecule has 0 saturated carbocycles. The third-order valence-corrected chi connectivity index (χ3v) is 8.74. The molecule has 0 saturated heterocycles. The minimum Gasteiger partial charge on any atom is -0.507 e. The summed E-state index contributed by atoms with van der Waals surface area (Å²) in [4.78, 5) is 60.9. The van der Waals surface area contributed by atoms with Gasteiger partial charge in [-0.15, -0.1) is 12.4 Å². The number of halogens is 1. The smallest absolute Gasteiger partial charge is 0.347 e. The summed E-state index contributed by atoms with van der Waals surface area (Å²) in [5, 5.41) is 38.9. The minimum absolute atomic E-state index is 0. The molecule has 0 spiro atoms. The fourth-order valence-electron chi connectivity index (χ4n) is 6.11. The lowest BCUT2D eigenvalue weighted by atomic mass is 9.93. The second-order valence-corrected chi connectivity index (χ2v) is 12.7. The molecule has 0 bridgehead atoms. The van der Waals surface area contributed by atoms with Gasteiger partial charge < -0.3 is 39.5 Å². The van der Waals surface area contributed by atoms with E-state index in [0.29, 0.717) is 12.2 Å². The number of phenols is 2. The van der Waals surface area contributed by atoms with Crippen LogP contribution in [0, 0.1) is 13.8 Å². The zero-order valence-corrected chi connectivity index (χ0v) is 31.5. The van der Waals surface area contributed by atoms with Crippen molar-refractivity contribution in [3.05, 3.63) is 128 Å². The van der Waals surface area contributed by atoms with Crippen molar-refractivity contribution in [3.63, 3.8) is 0 Å². The molecule has 290 valence electrons. The van der Waals surface area contributed by atoms with Crippen LogP contribution < -0.4 is 9.47 Å². The van der Waals surface area contributed by atoms with Gasteiger partial charge in [0.05, 0.1) is 11.1 Å². The van der Waals surface area contributed by atoms with Crippen LogP contribution in [0.2, 0.25) is 0 Å². The first-order valence-corrected chi connectivity index (χ1v) is 16.9. The molecule has 4 aromatic rings. The number of aromatic carboxylic acids is 1. The van der Waals surface area contributed by atoms with Gasteiger partial charge in [0.2, 0.25) is 0 Å². The van der Waals surface area contributed by atoms with Gasteiger partial charge in [0.15, 0.2) is 23.5 Å². The lowest BCUT2D eigenvalue weighted by Gasteiger charge is -2.18. The van der Waals surface area contributed by atoms with Gasteiger partial charge in [-0.05, 0) is 73.8 Å². The number of carbonyl (C=O) groups is 5. The molecule has 0 fully saturated rings. The quantitative estimate of drug-likeness (QED) is 0.0507. The number of carbonyl (C=O) groups excluding carboxylic acids is 3. The Bertz CT molecular complexity index is 2270. The molecular weight excluding hydrogens is 746 g/mol. The minimum atomic E-state index is -1.60. The Kier molecular flexibility index (Phi) is 13.6. The summed E-state index contributed by atoms with van der Waals surface area (Å²) < 4.78 is 15.9. The first-order chi connectivity index (χ1) is 26.2. The number of hydrogen-bond donors (Lipinski definition) is 4. The first-order valence-electron chi connectivity index (χ1n) is 16.9. The molecule has 0 aromatic heterocycles. The van der Waals surface area contributed by atoms with Gasteiger partial charge >= 0.3 is 23.9 Å². The van der Waals surface area contributed by atoms with E-state index in [1.807, 2.05) is 0 Å². The monoisotopic (exact) mass is 783 g/mol. The number of esters is 2. The van der Waals surface area contributed by atoms with Crippen molar-refractivity contribution in [1.82, 2.24) is 4.90 Å². The van der Waals surface area contributed by atoms with E-state index in [1.54, 1.807) is 0 Å². The number of carboxylic acids is 2. The van der Waals surface area contributed by atoms with Crippen molar-refractivity contribution in [2.75, 3.05) is 20.6 Å². The highest BCUT2D eigenvalue weighted by molar-refractivity contribution is 6.03. The van der Waals surface area contributed by atoms with Crippen LogP contribution in [0.25, 0.3) is 17.7 Å². The summed E-state index contributed by atoms with van der Waals surface area (Å²) in [7, 11) is 4.24. The van der Waals surface area contributed by atoms with Crippen LogP contribution in [0.1, 0.15) is 76.4 Å². The Hall–Kier alpha value is -6.70. The number of phenolic OH excluding ortho intramolecular Hbond substituents is 1. The third-order valence-electron chi connectivity index (χ3n) is 8.74. The summed E-state index contributed by atoms with van der Waals surface area (Å²) in [6, 6.07) is 18.4. The standard InChI is InChI=1S/C22H16O12.C20H21N.ClH/c1-8-5-12(24)10(6-23)19-15(8)22(31)34-20-11(7-32-14(27)4-3-13(25)26)17(28)16(21(29)30)9(2)18(20)33-19;1-21(2)15-7-12-20-18-10-5-3-8-16(18)13-14-17-9-4-6-11-19(17)20;/h3-6,24,28H,7H2,1-2H3,(H,25,26)(H,29,30);3-6,8-14H,7,15H2,1-2H3;1H. The lowest BCUT2D eigenvalue weighted by molar-refractivity contribution is -0.139. The van der Waals surface area contributed by atoms with Gasteiger partial charge in [-0.2, -0.15) is 0 Å². The average Bonchev–Trinajstić information content (AvgIpc) is 3.39. The number of nitrogens with zero attached hydrogens (tertiary/aromatic N) is 1. The van der Waals surface area contributed by atoms with Crippen molar-refractivity contribution >= 4 is 60.3 Å². The number of aryl methyl sites for hydroxylation is 1. The van der Waals surface area contributed by atoms with Crippen molar-refractivity contribution < 1.29 is 58.6 Å². The number of aromatic hydroxyl groups is 2. The van der Waals surface area contributed by atoms with Gasteiger partial charge in [0.1, 0.15) is 29.2 Å². The van der Waals surface area contributed by atoms with Crippen LogP contribution in [0.4, 0.5) is 0 Å². The highest BCUT2D eigenvalue weighted by Crippen LogP contribution is 2.50. The molecule has 4 N–H and O–H groups in total. The molecule has 1 aliphatic heterocycles. The zero-order chi connectivity index (χ0) is 40.0. The number of carboxylic acid groups (broad SMARTS) is 2. The van der Waals surface area contributed by atoms with E-state index in [2.05, 4.69) is 85.8 Å². The maximum Gasteiger partial charge on any atom is 0.347 e. The maximum atomic E-state index is 12.9. The fourth-order valence-corrected chi connectivity index (χ4v) is 6.11. The summed E-state index contributed by atoms with van der Waals surface area (Å²) >= 11 is 0. The molecule has 4 aromatic carbocycles. The van der Waals surface area contributed by atoms with E-state index in [9.17, 15) is 39.3 Å². The normalized spacial score (nSPS) is 12.2. The molecule has 0 atom stereocenters. The second-order valence-electron chi connectivity index (χ2n) is 12.7. The molecule has 6 rings (SSSR count). The van der Waals surface area contributed by atoms with E-state index in [1.165, 1.54) is 41.7 Å². The van der Waals surface area contributed by atoms with E-state index in [4.69, 9.17) is 19.3 Å². The number of ether oxygens (including phenoxy) is 3. The first kappa shape index (κ1) is 42.0. The average molecular weight is 784 g/mol. The molecule has 1 heterocycles. The van der Waals surface area contributed by atoms with E-state index in [0.717, 1.165) is 19.0 Å². The molecule has 13 nitrogen and oxygen atoms in total. The van der Waals surface area contributed by atoms with Crippen LogP contribution in [-0.4, -0.2) is 76.1 Å². The van der Waals surface area contributed by atoms with Gasteiger partial charge in [-0.25, -0.2) is 19.2 Å². The molecule has 14 heteroatoms. The Morgan fingerprint density at radius 1 is 0.857 bits per heavy atom. The Labute approximate surface area is 327 Å². The van der Waals surface area contributed by atoms with Crippen LogP contribution >= 0.6 is 12.4 Å². The largest absolute Gasteiger partial charge is 0.507 e. The number of fused-ring (bicyclic) bond motifs is 4. The summed E-state index contributed by atoms with van der Waals surface area (Å²) in [5.74, 6) is -7.91. The van der Waals surface area contributed by atoms with Crippen molar-refractivity contribution in [1.29, 1.82) is 0 Å². The van der Waals surface area contributed by atoms with Gasteiger partial charge in [-0.3, -0.25) is 4.79 Å². The second kappa shape index (κ2) is 18.1. The summed E-state index contributed by atoms with van der Waals surface area (Å²) in [6.45, 7) is 2.90. The number of benzene rings is 4. The molecule has 0 amide bonds. The van der Waals surface area contributed by atoms with Crippen molar-refractivity contribution in [3.8, 4) is 28.7 Å². The topological polar surface area (TPSA) is 197 Å². The van der Waals surface area contributed by atoms with Crippen LogP contribution in [-0.2, 0) is 20.9 Å². The molecule has 0 radical (unpaired) electrons.